The van der Waals surface area contributed by atoms with Gasteiger partial charge in [0.15, 0.2) is 5.96 Å². The number of carbonyl (C=O) groups excluding carboxylic acids is 1. The molecule has 0 radical (unpaired) electrons. The van der Waals surface area contributed by atoms with Crippen LogP contribution in [0, 0.1) is 11.8 Å². The molecule has 6 nitrogen and oxygen atoms in total. The average molecular weight is 574 g/mol. The number of halogens is 1. The second kappa shape index (κ2) is 12.6. The summed E-state index contributed by atoms with van der Waals surface area (Å²) in [7, 11) is 4.10. The molecule has 1 amide bonds. The number of guanidine groups is 1. The number of likely N-dealkylation sites (tertiary alicyclic amines) is 2. The summed E-state index contributed by atoms with van der Waals surface area (Å²) in [5.74, 6) is 2.09. The van der Waals surface area contributed by atoms with E-state index in [1.165, 1.54) is 43.5 Å². The fraction of sp³-hybridized carbons (Fsp3) is 0.750. The first kappa shape index (κ1) is 25.7. The molecule has 0 aromatic carbocycles. The zero-order valence-electron chi connectivity index (χ0n) is 19.6. The lowest BCUT2D eigenvalue weighted by Gasteiger charge is -2.39. The quantitative estimate of drug-likeness (QED) is 0.317. The van der Waals surface area contributed by atoms with Gasteiger partial charge in [-0.2, -0.15) is 0 Å². The van der Waals surface area contributed by atoms with E-state index in [1.807, 2.05) is 18.4 Å². The minimum Gasteiger partial charge on any atom is -0.356 e. The van der Waals surface area contributed by atoms with Gasteiger partial charge in [-0.15, -0.1) is 35.3 Å². The standard InChI is InChI=1S/C24H39N5OS.HI/c1-25-24(26-16-19-10-6-13-28(2)22(19)21-11-7-15-31-21)27-20-12-14-29(17-20)23(30)18-8-4-3-5-9-18;/h7,11,15,18-20,22H,3-6,8-10,12-14,16-17H2,1-2H3,(H2,25,26,27);1H. The molecule has 1 aromatic heterocycles. The largest absolute Gasteiger partial charge is 0.356 e. The Labute approximate surface area is 214 Å². The van der Waals surface area contributed by atoms with Crippen molar-refractivity contribution in [2.45, 2.75) is 63.5 Å². The lowest BCUT2D eigenvalue weighted by atomic mass is 9.88. The number of hydrogen-bond acceptors (Lipinski definition) is 4. The van der Waals surface area contributed by atoms with Crippen molar-refractivity contribution in [1.82, 2.24) is 20.4 Å². The Morgan fingerprint density at radius 1 is 1.16 bits per heavy atom. The Balaban J connectivity index is 0.00000289. The molecule has 1 aliphatic carbocycles. The Kier molecular flexibility index (Phi) is 10.1. The minimum absolute atomic E-state index is 0. The van der Waals surface area contributed by atoms with Gasteiger partial charge in [0, 0.05) is 49.6 Å². The van der Waals surface area contributed by atoms with Crippen LogP contribution in [0.2, 0.25) is 0 Å². The van der Waals surface area contributed by atoms with Crippen LogP contribution in [-0.2, 0) is 4.79 Å². The number of nitrogens with zero attached hydrogens (tertiary/aromatic N) is 3. The summed E-state index contributed by atoms with van der Waals surface area (Å²) in [5.41, 5.74) is 0. The SMILES string of the molecule is CN=C(NCC1CCCN(C)C1c1cccs1)NC1CCN(C(=O)C2CCCCC2)C1.I. The molecule has 0 bridgehead atoms. The molecule has 2 N–H and O–H groups in total. The van der Waals surface area contributed by atoms with Gasteiger partial charge >= 0.3 is 0 Å². The Morgan fingerprint density at radius 3 is 2.69 bits per heavy atom. The van der Waals surface area contributed by atoms with Crippen LogP contribution in [0.1, 0.15) is 62.3 Å². The van der Waals surface area contributed by atoms with E-state index in [-0.39, 0.29) is 29.9 Å². The lowest BCUT2D eigenvalue weighted by Crippen LogP contribution is -2.48. The number of hydrogen-bond donors (Lipinski definition) is 2. The first-order valence-corrected chi connectivity index (χ1v) is 13.0. The molecule has 3 atom stereocenters. The molecule has 3 heterocycles. The van der Waals surface area contributed by atoms with Gasteiger partial charge in [0.2, 0.25) is 5.91 Å². The maximum atomic E-state index is 12.9. The van der Waals surface area contributed by atoms with Gasteiger partial charge in [0.25, 0.3) is 0 Å². The van der Waals surface area contributed by atoms with Crippen LogP contribution in [0.25, 0.3) is 0 Å². The predicted octanol–water partition coefficient (Wildman–Crippen LogP) is 4.10. The van der Waals surface area contributed by atoms with Gasteiger partial charge in [-0.05, 0) is 63.1 Å². The molecule has 0 spiro atoms. The summed E-state index contributed by atoms with van der Waals surface area (Å²) >= 11 is 1.86. The molecule has 1 saturated carbocycles. The van der Waals surface area contributed by atoms with E-state index < -0.39 is 0 Å². The van der Waals surface area contributed by atoms with Crippen LogP contribution in [0.15, 0.2) is 22.5 Å². The lowest BCUT2D eigenvalue weighted by molar-refractivity contribution is -0.135. The average Bonchev–Trinajstić information content (AvgIpc) is 3.49. The van der Waals surface area contributed by atoms with Crippen molar-refractivity contribution in [2.24, 2.45) is 16.8 Å². The summed E-state index contributed by atoms with van der Waals surface area (Å²) < 4.78 is 0. The molecule has 3 fully saturated rings. The Morgan fingerprint density at radius 2 is 1.97 bits per heavy atom. The monoisotopic (exact) mass is 573 g/mol. The maximum absolute atomic E-state index is 12.9. The van der Waals surface area contributed by atoms with Crippen molar-refractivity contribution in [3.8, 4) is 0 Å². The predicted molar refractivity (Wildman–Crippen MR) is 144 cm³/mol. The van der Waals surface area contributed by atoms with E-state index in [2.05, 4.69) is 50.0 Å². The molecule has 1 aromatic rings. The number of rotatable bonds is 5. The Bertz CT molecular complexity index is 737. The van der Waals surface area contributed by atoms with Gasteiger partial charge in [0.1, 0.15) is 0 Å². The molecule has 8 heteroatoms. The van der Waals surface area contributed by atoms with Crippen molar-refractivity contribution in [2.75, 3.05) is 40.3 Å². The minimum atomic E-state index is 0. The summed E-state index contributed by atoms with van der Waals surface area (Å²) in [5, 5.41) is 9.37. The van der Waals surface area contributed by atoms with E-state index in [9.17, 15) is 4.79 Å². The molecule has 180 valence electrons. The highest BCUT2D eigenvalue weighted by Crippen LogP contribution is 2.36. The number of aliphatic imine (C=N–C) groups is 1. The van der Waals surface area contributed by atoms with Gasteiger partial charge < -0.3 is 15.5 Å². The first-order chi connectivity index (χ1) is 15.2. The Hall–Kier alpha value is -0.870. The van der Waals surface area contributed by atoms with Crippen LogP contribution >= 0.6 is 35.3 Å². The number of piperidine rings is 1. The summed E-state index contributed by atoms with van der Waals surface area (Å²) in [6.45, 7) is 3.76. The highest BCUT2D eigenvalue weighted by atomic mass is 127. The van der Waals surface area contributed by atoms with E-state index in [1.54, 1.807) is 0 Å². The number of nitrogens with one attached hydrogen (secondary N) is 2. The maximum Gasteiger partial charge on any atom is 0.225 e. The molecular weight excluding hydrogens is 533 g/mol. The first-order valence-electron chi connectivity index (χ1n) is 12.2. The zero-order chi connectivity index (χ0) is 21.6. The highest BCUT2D eigenvalue weighted by molar-refractivity contribution is 14.0. The van der Waals surface area contributed by atoms with Crippen molar-refractivity contribution >= 4 is 47.2 Å². The second-order valence-corrected chi connectivity index (χ2v) is 10.5. The smallest absolute Gasteiger partial charge is 0.225 e. The van der Waals surface area contributed by atoms with Crippen LogP contribution in [0.3, 0.4) is 0 Å². The van der Waals surface area contributed by atoms with Crippen molar-refractivity contribution < 1.29 is 4.79 Å². The van der Waals surface area contributed by atoms with E-state index in [0.29, 0.717) is 23.9 Å². The van der Waals surface area contributed by atoms with Crippen LogP contribution in [-0.4, -0.2) is 68.0 Å². The van der Waals surface area contributed by atoms with Crippen LogP contribution in [0.5, 0.6) is 0 Å². The molecule has 2 saturated heterocycles. The molecule has 2 aliphatic heterocycles. The van der Waals surface area contributed by atoms with Crippen molar-refractivity contribution in [3.05, 3.63) is 22.4 Å². The normalized spacial score (nSPS) is 27.8. The molecule has 3 aliphatic rings. The highest BCUT2D eigenvalue weighted by Gasteiger charge is 2.33. The third-order valence-electron chi connectivity index (χ3n) is 7.39. The summed E-state index contributed by atoms with van der Waals surface area (Å²) in [6, 6.07) is 5.21. The molecule has 4 rings (SSSR count). The van der Waals surface area contributed by atoms with Crippen molar-refractivity contribution in [1.29, 1.82) is 0 Å². The molecule has 3 unspecified atom stereocenters. The van der Waals surface area contributed by atoms with Gasteiger partial charge in [-0.1, -0.05) is 25.3 Å². The third kappa shape index (κ3) is 6.38. The third-order valence-corrected chi connectivity index (χ3v) is 8.34. The van der Waals surface area contributed by atoms with E-state index >= 15 is 0 Å². The van der Waals surface area contributed by atoms with E-state index in [4.69, 9.17) is 0 Å². The molecule has 32 heavy (non-hydrogen) atoms. The fourth-order valence-corrected chi connectivity index (χ4v) is 6.67. The second-order valence-electron chi connectivity index (χ2n) is 9.55. The number of thiophene rings is 1. The molecular formula is C24H40IN5OS. The van der Waals surface area contributed by atoms with Gasteiger partial charge in [0.05, 0.1) is 0 Å². The van der Waals surface area contributed by atoms with Crippen LogP contribution in [0.4, 0.5) is 0 Å². The fourth-order valence-electron chi connectivity index (χ4n) is 5.68. The van der Waals surface area contributed by atoms with Gasteiger partial charge in [-0.3, -0.25) is 14.7 Å². The number of carbonyl (C=O) groups is 1. The number of amides is 1. The topological polar surface area (TPSA) is 60.0 Å². The summed E-state index contributed by atoms with van der Waals surface area (Å²) in [4.78, 5) is 23.4. The zero-order valence-corrected chi connectivity index (χ0v) is 22.7. The summed E-state index contributed by atoms with van der Waals surface area (Å²) in [6.07, 6.45) is 9.37. The van der Waals surface area contributed by atoms with Crippen molar-refractivity contribution in [3.63, 3.8) is 0 Å². The van der Waals surface area contributed by atoms with Crippen LogP contribution < -0.4 is 10.6 Å². The van der Waals surface area contributed by atoms with Gasteiger partial charge in [-0.25, -0.2) is 0 Å². The van der Waals surface area contributed by atoms with E-state index in [0.717, 1.165) is 44.9 Å².